The predicted octanol–water partition coefficient (Wildman–Crippen LogP) is 2.59. The first-order chi connectivity index (χ1) is 8.56. The molecule has 3 N–H and O–H groups in total. The second-order valence-electron chi connectivity index (χ2n) is 5.09. The van der Waals surface area contributed by atoms with Gasteiger partial charge in [-0.05, 0) is 43.4 Å². The lowest BCUT2D eigenvalue weighted by atomic mass is 10.00. The van der Waals surface area contributed by atoms with E-state index in [1.165, 1.54) is 6.07 Å². The molecule has 1 saturated carbocycles. The van der Waals surface area contributed by atoms with E-state index in [2.05, 4.69) is 5.32 Å². The third-order valence-corrected chi connectivity index (χ3v) is 3.56. The summed E-state index contributed by atoms with van der Waals surface area (Å²) in [5, 5.41) is 2.63. The summed E-state index contributed by atoms with van der Waals surface area (Å²) in [6.45, 7) is 1.86. The van der Waals surface area contributed by atoms with Gasteiger partial charge >= 0.3 is 0 Å². The Hall–Kier alpha value is -1.42. The lowest BCUT2D eigenvalue weighted by molar-refractivity contribution is -0.117. The smallest absolute Gasteiger partial charge is 0.224 e. The molecule has 0 heterocycles. The molecule has 0 bridgehead atoms. The van der Waals surface area contributed by atoms with E-state index in [4.69, 9.17) is 5.73 Å². The topological polar surface area (TPSA) is 55.1 Å². The summed E-state index contributed by atoms with van der Waals surface area (Å²) in [7, 11) is 0. The van der Waals surface area contributed by atoms with Gasteiger partial charge in [0.25, 0.3) is 0 Å². The number of carbonyl (C=O) groups excluding carboxylic acids is 1. The molecule has 2 rings (SSSR count). The Morgan fingerprint density at radius 3 is 2.94 bits per heavy atom. The minimum Gasteiger partial charge on any atom is -0.327 e. The Morgan fingerprint density at radius 1 is 1.50 bits per heavy atom. The highest BCUT2D eigenvalue weighted by atomic mass is 19.1. The SMILES string of the molecule is Cc1ccc(F)c(NC(=O)C[C@@H]2CCC[C@H]2N)c1. The van der Waals surface area contributed by atoms with Gasteiger partial charge in [-0.1, -0.05) is 12.5 Å². The number of carbonyl (C=O) groups is 1. The van der Waals surface area contributed by atoms with Crippen molar-refractivity contribution in [1.82, 2.24) is 0 Å². The number of aryl methyl sites for hydroxylation is 1. The number of hydrogen-bond donors (Lipinski definition) is 2. The number of hydrogen-bond acceptors (Lipinski definition) is 2. The van der Waals surface area contributed by atoms with E-state index >= 15 is 0 Å². The Bertz CT molecular complexity index is 447. The van der Waals surface area contributed by atoms with Crippen LogP contribution in [-0.4, -0.2) is 11.9 Å². The lowest BCUT2D eigenvalue weighted by Gasteiger charge is -2.15. The third-order valence-electron chi connectivity index (χ3n) is 3.56. The first kappa shape index (κ1) is 13.0. The maximum absolute atomic E-state index is 13.5. The fourth-order valence-electron chi connectivity index (χ4n) is 2.49. The molecule has 1 aromatic carbocycles. The van der Waals surface area contributed by atoms with Crippen LogP contribution in [0, 0.1) is 18.7 Å². The second-order valence-corrected chi connectivity index (χ2v) is 5.09. The zero-order chi connectivity index (χ0) is 13.1. The molecule has 1 aliphatic carbocycles. The minimum absolute atomic E-state index is 0.109. The van der Waals surface area contributed by atoms with Gasteiger partial charge in [-0.25, -0.2) is 4.39 Å². The van der Waals surface area contributed by atoms with Crippen LogP contribution in [-0.2, 0) is 4.79 Å². The summed E-state index contributed by atoms with van der Waals surface area (Å²) in [4.78, 5) is 11.8. The van der Waals surface area contributed by atoms with Gasteiger partial charge in [0.15, 0.2) is 0 Å². The van der Waals surface area contributed by atoms with Gasteiger partial charge in [0.1, 0.15) is 5.82 Å². The summed E-state index contributed by atoms with van der Waals surface area (Å²) < 4.78 is 13.5. The average molecular weight is 250 g/mol. The van der Waals surface area contributed by atoms with Gasteiger partial charge in [0.05, 0.1) is 5.69 Å². The Morgan fingerprint density at radius 2 is 2.28 bits per heavy atom. The summed E-state index contributed by atoms with van der Waals surface area (Å²) in [6, 6.07) is 4.80. The minimum atomic E-state index is -0.398. The quantitative estimate of drug-likeness (QED) is 0.866. The second kappa shape index (κ2) is 5.48. The Kier molecular flexibility index (Phi) is 3.97. The van der Waals surface area contributed by atoms with Crippen LogP contribution in [0.1, 0.15) is 31.2 Å². The molecule has 1 aromatic rings. The van der Waals surface area contributed by atoms with Crippen molar-refractivity contribution < 1.29 is 9.18 Å². The molecule has 0 aromatic heterocycles. The van der Waals surface area contributed by atoms with Crippen molar-refractivity contribution >= 4 is 11.6 Å². The van der Waals surface area contributed by atoms with Crippen LogP contribution in [0.25, 0.3) is 0 Å². The van der Waals surface area contributed by atoms with Crippen molar-refractivity contribution in [2.75, 3.05) is 5.32 Å². The molecule has 98 valence electrons. The molecular weight excluding hydrogens is 231 g/mol. The molecule has 18 heavy (non-hydrogen) atoms. The normalized spacial score (nSPS) is 23.1. The molecule has 2 atom stereocenters. The van der Waals surface area contributed by atoms with E-state index < -0.39 is 5.82 Å². The van der Waals surface area contributed by atoms with Gasteiger partial charge in [-0.2, -0.15) is 0 Å². The van der Waals surface area contributed by atoms with Crippen LogP contribution in [0.4, 0.5) is 10.1 Å². The van der Waals surface area contributed by atoms with Crippen LogP contribution in [0.3, 0.4) is 0 Å². The molecule has 0 saturated heterocycles. The Balaban J connectivity index is 1.96. The van der Waals surface area contributed by atoms with E-state index in [1.807, 2.05) is 6.92 Å². The highest BCUT2D eigenvalue weighted by molar-refractivity contribution is 5.91. The van der Waals surface area contributed by atoms with E-state index in [-0.39, 0.29) is 23.6 Å². The van der Waals surface area contributed by atoms with Crippen molar-refractivity contribution in [3.8, 4) is 0 Å². The zero-order valence-corrected chi connectivity index (χ0v) is 10.6. The van der Waals surface area contributed by atoms with E-state index in [1.54, 1.807) is 12.1 Å². The standard InChI is InChI=1S/C14H19FN2O/c1-9-5-6-11(15)13(7-9)17-14(18)8-10-3-2-4-12(10)16/h5-7,10,12H,2-4,8,16H2,1H3,(H,17,18)/t10-,12+/m0/s1. The fraction of sp³-hybridized carbons (Fsp3) is 0.500. The van der Waals surface area contributed by atoms with Crippen LogP contribution < -0.4 is 11.1 Å². The molecular formula is C14H19FN2O. The van der Waals surface area contributed by atoms with Gasteiger partial charge in [0, 0.05) is 12.5 Å². The van der Waals surface area contributed by atoms with Crippen molar-refractivity contribution in [3.05, 3.63) is 29.6 Å². The monoisotopic (exact) mass is 250 g/mol. The largest absolute Gasteiger partial charge is 0.327 e. The summed E-state index contributed by atoms with van der Waals surface area (Å²) >= 11 is 0. The molecule has 0 radical (unpaired) electrons. The average Bonchev–Trinajstić information content (AvgIpc) is 2.70. The molecule has 4 heteroatoms. The number of nitrogens with one attached hydrogen (secondary N) is 1. The molecule has 0 unspecified atom stereocenters. The van der Waals surface area contributed by atoms with Crippen molar-refractivity contribution in [2.24, 2.45) is 11.7 Å². The van der Waals surface area contributed by atoms with Crippen LogP contribution in [0.2, 0.25) is 0 Å². The van der Waals surface area contributed by atoms with Gasteiger partial charge in [0.2, 0.25) is 5.91 Å². The van der Waals surface area contributed by atoms with Crippen LogP contribution >= 0.6 is 0 Å². The first-order valence-electron chi connectivity index (χ1n) is 6.38. The van der Waals surface area contributed by atoms with Gasteiger partial charge < -0.3 is 11.1 Å². The number of rotatable bonds is 3. The molecule has 0 spiro atoms. The Labute approximate surface area is 107 Å². The predicted molar refractivity (Wildman–Crippen MR) is 69.7 cm³/mol. The number of amides is 1. The number of anilines is 1. The molecule has 0 aliphatic heterocycles. The zero-order valence-electron chi connectivity index (χ0n) is 10.6. The highest BCUT2D eigenvalue weighted by Crippen LogP contribution is 2.27. The third kappa shape index (κ3) is 3.07. The summed E-state index contributed by atoms with van der Waals surface area (Å²) in [6.07, 6.45) is 3.44. The highest BCUT2D eigenvalue weighted by Gasteiger charge is 2.26. The molecule has 1 aliphatic rings. The summed E-state index contributed by atoms with van der Waals surface area (Å²) in [5.41, 5.74) is 7.10. The molecule has 1 amide bonds. The number of nitrogens with two attached hydrogens (primary N) is 1. The van der Waals surface area contributed by atoms with Gasteiger partial charge in [-0.3, -0.25) is 4.79 Å². The molecule has 3 nitrogen and oxygen atoms in total. The summed E-state index contributed by atoms with van der Waals surface area (Å²) in [5.74, 6) is -0.315. The van der Waals surface area contributed by atoms with Crippen LogP contribution in [0.5, 0.6) is 0 Å². The van der Waals surface area contributed by atoms with Crippen molar-refractivity contribution in [3.63, 3.8) is 0 Å². The van der Waals surface area contributed by atoms with E-state index in [0.717, 1.165) is 24.8 Å². The maximum Gasteiger partial charge on any atom is 0.224 e. The lowest BCUT2D eigenvalue weighted by Crippen LogP contribution is -2.28. The molecule has 1 fully saturated rings. The van der Waals surface area contributed by atoms with Crippen molar-refractivity contribution in [1.29, 1.82) is 0 Å². The first-order valence-corrected chi connectivity index (χ1v) is 6.38. The van der Waals surface area contributed by atoms with Gasteiger partial charge in [-0.15, -0.1) is 0 Å². The van der Waals surface area contributed by atoms with E-state index in [0.29, 0.717) is 6.42 Å². The van der Waals surface area contributed by atoms with Crippen LogP contribution in [0.15, 0.2) is 18.2 Å². The number of benzene rings is 1. The number of halogens is 1. The maximum atomic E-state index is 13.5. The van der Waals surface area contributed by atoms with E-state index in [9.17, 15) is 9.18 Å². The fourth-order valence-corrected chi connectivity index (χ4v) is 2.49. The van der Waals surface area contributed by atoms with Crippen molar-refractivity contribution in [2.45, 2.75) is 38.6 Å².